The Bertz CT molecular complexity index is 507. The maximum absolute atomic E-state index is 12.1. The molecule has 1 heterocycles. The van der Waals surface area contributed by atoms with Crippen molar-refractivity contribution in [2.45, 2.75) is 13.8 Å². The van der Waals surface area contributed by atoms with E-state index in [1.807, 2.05) is 13.8 Å². The van der Waals surface area contributed by atoms with Gasteiger partial charge in [-0.2, -0.15) is 0 Å². The van der Waals surface area contributed by atoms with E-state index in [9.17, 15) is 14.9 Å². The highest BCUT2D eigenvalue weighted by atomic mass is 16.6. The average molecular weight is 296 g/mol. The number of carbonyl (C=O) groups excluding carboxylic acids is 1. The molecule has 1 aromatic rings. The van der Waals surface area contributed by atoms with E-state index in [-0.39, 0.29) is 17.2 Å². The normalized spacial score (nSPS) is 11.8. The summed E-state index contributed by atoms with van der Waals surface area (Å²) in [4.78, 5) is 26.4. The fourth-order valence-electron chi connectivity index (χ4n) is 1.76. The summed E-state index contributed by atoms with van der Waals surface area (Å²) in [5.41, 5.74) is -0.316. The number of pyridine rings is 1. The minimum atomic E-state index is -0.615. The largest absolute Gasteiger partial charge is 0.384 e. The summed E-state index contributed by atoms with van der Waals surface area (Å²) in [7, 11) is 1.58. The zero-order valence-corrected chi connectivity index (χ0v) is 12.4. The molecule has 8 heteroatoms. The highest BCUT2D eigenvalue weighted by molar-refractivity contribution is 5.98. The Morgan fingerprint density at radius 1 is 1.57 bits per heavy atom. The van der Waals surface area contributed by atoms with Crippen LogP contribution in [0.25, 0.3) is 0 Å². The molecule has 8 nitrogen and oxygen atoms in total. The van der Waals surface area contributed by atoms with E-state index >= 15 is 0 Å². The fourth-order valence-corrected chi connectivity index (χ4v) is 1.76. The molecule has 116 valence electrons. The second kappa shape index (κ2) is 8.15. The molecule has 1 unspecified atom stereocenters. The molecular formula is C13H20N4O4. The van der Waals surface area contributed by atoms with E-state index in [0.717, 1.165) is 6.20 Å². The third kappa shape index (κ3) is 4.99. The van der Waals surface area contributed by atoms with Gasteiger partial charge in [0.25, 0.3) is 11.6 Å². The Morgan fingerprint density at radius 3 is 2.86 bits per heavy atom. The Kier molecular flexibility index (Phi) is 6.54. The Balaban J connectivity index is 2.89. The van der Waals surface area contributed by atoms with Crippen LogP contribution in [-0.2, 0) is 4.74 Å². The van der Waals surface area contributed by atoms with Crippen molar-refractivity contribution in [3.8, 4) is 0 Å². The quantitative estimate of drug-likeness (QED) is 0.555. The minimum absolute atomic E-state index is 0.00410. The Labute approximate surface area is 123 Å². The summed E-state index contributed by atoms with van der Waals surface area (Å²) in [6.45, 7) is 5.27. The lowest BCUT2D eigenvalue weighted by Gasteiger charge is -2.12. The number of nitro groups is 1. The molecule has 1 aromatic heterocycles. The number of hydrogen-bond acceptors (Lipinski definition) is 6. The van der Waals surface area contributed by atoms with E-state index in [4.69, 9.17) is 4.74 Å². The van der Waals surface area contributed by atoms with Crippen molar-refractivity contribution in [1.82, 2.24) is 10.3 Å². The van der Waals surface area contributed by atoms with Crippen LogP contribution in [0, 0.1) is 16.0 Å². The van der Waals surface area contributed by atoms with Gasteiger partial charge in [0.15, 0.2) is 0 Å². The number of nitrogens with zero attached hydrogens (tertiary/aromatic N) is 2. The first kappa shape index (κ1) is 16.8. The van der Waals surface area contributed by atoms with Gasteiger partial charge in [0.1, 0.15) is 17.6 Å². The summed E-state index contributed by atoms with van der Waals surface area (Å²) >= 11 is 0. The molecule has 1 atom stereocenters. The van der Waals surface area contributed by atoms with Crippen LogP contribution in [0.3, 0.4) is 0 Å². The van der Waals surface area contributed by atoms with Crippen LogP contribution < -0.4 is 10.6 Å². The second-order valence-electron chi connectivity index (χ2n) is 4.64. The van der Waals surface area contributed by atoms with Gasteiger partial charge in [-0.3, -0.25) is 14.9 Å². The van der Waals surface area contributed by atoms with E-state index < -0.39 is 10.8 Å². The molecule has 0 saturated carbocycles. The molecule has 0 saturated heterocycles. The van der Waals surface area contributed by atoms with Crippen molar-refractivity contribution in [2.24, 2.45) is 5.92 Å². The van der Waals surface area contributed by atoms with E-state index in [2.05, 4.69) is 15.6 Å². The number of hydrogen-bond donors (Lipinski definition) is 2. The first-order valence-corrected chi connectivity index (χ1v) is 6.65. The number of methoxy groups -OCH3 is 1. The van der Waals surface area contributed by atoms with E-state index in [0.29, 0.717) is 25.5 Å². The first-order chi connectivity index (χ1) is 9.99. The predicted molar refractivity (Wildman–Crippen MR) is 78.4 cm³/mol. The lowest BCUT2D eigenvalue weighted by Crippen LogP contribution is -2.30. The van der Waals surface area contributed by atoms with Crippen LogP contribution in [0.15, 0.2) is 12.3 Å². The first-order valence-electron chi connectivity index (χ1n) is 6.65. The molecule has 1 rings (SSSR count). The van der Waals surface area contributed by atoms with Crippen molar-refractivity contribution in [2.75, 3.05) is 32.1 Å². The molecule has 0 aliphatic rings. The Morgan fingerprint density at radius 2 is 2.29 bits per heavy atom. The van der Waals surface area contributed by atoms with Crippen molar-refractivity contribution < 1.29 is 14.5 Å². The number of anilines is 1. The number of amides is 1. The van der Waals surface area contributed by atoms with Gasteiger partial charge in [-0.15, -0.1) is 0 Å². The Hall–Kier alpha value is -2.22. The van der Waals surface area contributed by atoms with Crippen molar-refractivity contribution in [3.63, 3.8) is 0 Å². The number of rotatable bonds is 8. The summed E-state index contributed by atoms with van der Waals surface area (Å²) in [5, 5.41) is 16.6. The molecule has 21 heavy (non-hydrogen) atoms. The molecule has 0 spiro atoms. The fraction of sp³-hybridized carbons (Fsp3) is 0.538. The van der Waals surface area contributed by atoms with Gasteiger partial charge in [-0.05, 0) is 12.8 Å². The van der Waals surface area contributed by atoms with Crippen LogP contribution in [-0.4, -0.2) is 42.6 Å². The molecule has 2 N–H and O–H groups in total. The summed E-state index contributed by atoms with van der Waals surface area (Å²) in [6, 6.07) is 1.39. The van der Waals surface area contributed by atoms with Gasteiger partial charge in [0, 0.05) is 26.3 Å². The van der Waals surface area contributed by atoms with Crippen molar-refractivity contribution in [1.29, 1.82) is 0 Å². The number of ether oxygens (including phenoxy) is 1. The molecule has 0 radical (unpaired) electrons. The lowest BCUT2D eigenvalue weighted by atomic mass is 10.1. The number of aromatic nitrogens is 1. The van der Waals surface area contributed by atoms with Gasteiger partial charge in [0.2, 0.25) is 0 Å². The monoisotopic (exact) mass is 296 g/mol. The van der Waals surface area contributed by atoms with Crippen LogP contribution >= 0.6 is 0 Å². The summed E-state index contributed by atoms with van der Waals surface area (Å²) < 4.78 is 4.98. The van der Waals surface area contributed by atoms with Gasteiger partial charge in [-0.1, -0.05) is 6.92 Å². The van der Waals surface area contributed by atoms with Crippen molar-refractivity contribution >= 4 is 17.4 Å². The van der Waals surface area contributed by atoms with Crippen LogP contribution in [0.5, 0.6) is 0 Å². The second-order valence-corrected chi connectivity index (χ2v) is 4.64. The molecular weight excluding hydrogens is 276 g/mol. The third-order valence-electron chi connectivity index (χ3n) is 2.74. The maximum Gasteiger partial charge on any atom is 0.300 e. The van der Waals surface area contributed by atoms with Gasteiger partial charge in [-0.25, -0.2) is 4.98 Å². The molecule has 0 bridgehead atoms. The van der Waals surface area contributed by atoms with Crippen LogP contribution in [0.4, 0.5) is 11.5 Å². The standard InChI is InChI=1S/C13H20N4O4/c1-4-14-12-5-10(11(7-15-12)17(19)20)13(18)16-6-9(2)8-21-3/h5,7,9H,4,6,8H2,1-3H3,(H,14,15)(H,16,18). The predicted octanol–water partition coefficient (Wildman–Crippen LogP) is 1.43. The van der Waals surface area contributed by atoms with Crippen molar-refractivity contribution in [3.05, 3.63) is 27.9 Å². The lowest BCUT2D eigenvalue weighted by molar-refractivity contribution is -0.385. The number of nitrogens with one attached hydrogen (secondary N) is 2. The SMILES string of the molecule is CCNc1cc(C(=O)NCC(C)COC)c([N+](=O)[O-])cn1. The minimum Gasteiger partial charge on any atom is -0.384 e. The zero-order chi connectivity index (χ0) is 15.8. The highest BCUT2D eigenvalue weighted by Gasteiger charge is 2.21. The molecule has 0 aliphatic heterocycles. The van der Waals surface area contributed by atoms with E-state index in [1.54, 1.807) is 7.11 Å². The number of carbonyl (C=O) groups is 1. The molecule has 0 aromatic carbocycles. The smallest absolute Gasteiger partial charge is 0.300 e. The average Bonchev–Trinajstić information content (AvgIpc) is 2.45. The van der Waals surface area contributed by atoms with E-state index in [1.165, 1.54) is 6.07 Å². The van der Waals surface area contributed by atoms with Crippen LogP contribution in [0.1, 0.15) is 24.2 Å². The molecule has 1 amide bonds. The zero-order valence-electron chi connectivity index (χ0n) is 12.4. The van der Waals surface area contributed by atoms with Crippen LogP contribution in [0.2, 0.25) is 0 Å². The van der Waals surface area contributed by atoms with Gasteiger partial charge < -0.3 is 15.4 Å². The summed E-state index contributed by atoms with van der Waals surface area (Å²) in [5.74, 6) is 0.0532. The van der Waals surface area contributed by atoms with Gasteiger partial charge >= 0.3 is 0 Å². The highest BCUT2D eigenvalue weighted by Crippen LogP contribution is 2.20. The maximum atomic E-state index is 12.1. The summed E-state index contributed by atoms with van der Waals surface area (Å²) in [6.07, 6.45) is 1.09. The molecule has 0 aliphatic carbocycles. The third-order valence-corrected chi connectivity index (χ3v) is 2.74. The topological polar surface area (TPSA) is 106 Å². The molecule has 0 fully saturated rings. The van der Waals surface area contributed by atoms with Gasteiger partial charge in [0.05, 0.1) is 11.5 Å².